The number of amides is 1. The molecule has 0 aromatic carbocycles. The lowest BCUT2D eigenvalue weighted by molar-refractivity contribution is -0.123. The minimum atomic E-state index is 0.232. The summed E-state index contributed by atoms with van der Waals surface area (Å²) in [5, 5.41) is 3.35. The molecule has 0 spiro atoms. The molecule has 3 rings (SSSR count). The van der Waals surface area contributed by atoms with Crippen molar-refractivity contribution >= 4 is 5.91 Å². The van der Waals surface area contributed by atoms with Gasteiger partial charge >= 0.3 is 0 Å². The standard InChI is InChI=1S/C17H30N2O2/c1-16(2)13-4-6-17(16,3)14(12-13)18-15(20)5-7-19-8-10-21-11-9-19/h13-14H,4-12H2,1-3H3,(H,18,20)/t13-,14+,17+/m1/s1. The van der Waals surface area contributed by atoms with Crippen molar-refractivity contribution in [2.45, 2.75) is 52.5 Å². The molecule has 4 nitrogen and oxygen atoms in total. The van der Waals surface area contributed by atoms with Crippen molar-refractivity contribution in [3.63, 3.8) is 0 Å². The maximum Gasteiger partial charge on any atom is 0.221 e. The van der Waals surface area contributed by atoms with Gasteiger partial charge in [-0.1, -0.05) is 20.8 Å². The molecule has 1 aliphatic heterocycles. The summed E-state index contributed by atoms with van der Waals surface area (Å²) in [6, 6.07) is 0.378. The summed E-state index contributed by atoms with van der Waals surface area (Å²) in [7, 11) is 0. The van der Waals surface area contributed by atoms with E-state index in [1.807, 2.05) is 0 Å². The SMILES string of the molecule is CC1(C)[C@@H]2CC[C@@]1(C)[C@@H](NC(=O)CCN1CCOCC1)C2. The molecule has 1 amide bonds. The molecule has 1 saturated heterocycles. The molecular formula is C17H30N2O2. The Morgan fingerprint density at radius 1 is 1.29 bits per heavy atom. The molecular weight excluding hydrogens is 264 g/mol. The summed E-state index contributed by atoms with van der Waals surface area (Å²) in [4.78, 5) is 14.6. The zero-order valence-electron chi connectivity index (χ0n) is 13.8. The van der Waals surface area contributed by atoms with Crippen LogP contribution < -0.4 is 5.32 Å². The topological polar surface area (TPSA) is 41.6 Å². The van der Waals surface area contributed by atoms with Crippen LogP contribution in [0, 0.1) is 16.7 Å². The summed E-state index contributed by atoms with van der Waals surface area (Å²) in [6.07, 6.45) is 4.40. The number of hydrogen-bond acceptors (Lipinski definition) is 3. The third-order valence-corrected chi connectivity index (χ3v) is 6.89. The monoisotopic (exact) mass is 294 g/mol. The third-order valence-electron chi connectivity index (χ3n) is 6.89. The average molecular weight is 294 g/mol. The molecule has 21 heavy (non-hydrogen) atoms. The van der Waals surface area contributed by atoms with Crippen LogP contribution in [0.4, 0.5) is 0 Å². The van der Waals surface area contributed by atoms with Crippen molar-refractivity contribution in [1.82, 2.24) is 10.2 Å². The van der Waals surface area contributed by atoms with Crippen LogP contribution in [0.15, 0.2) is 0 Å². The van der Waals surface area contributed by atoms with Gasteiger partial charge in [0.1, 0.15) is 0 Å². The molecule has 4 heteroatoms. The van der Waals surface area contributed by atoms with Crippen molar-refractivity contribution in [2.75, 3.05) is 32.8 Å². The zero-order valence-corrected chi connectivity index (χ0v) is 13.8. The zero-order chi connectivity index (χ0) is 15.1. The molecule has 2 bridgehead atoms. The largest absolute Gasteiger partial charge is 0.379 e. The van der Waals surface area contributed by atoms with E-state index in [1.165, 1.54) is 19.3 Å². The van der Waals surface area contributed by atoms with Crippen molar-refractivity contribution in [1.29, 1.82) is 0 Å². The second-order valence-corrected chi connectivity index (χ2v) is 7.93. The van der Waals surface area contributed by atoms with Gasteiger partial charge in [0, 0.05) is 32.1 Å². The number of hydrogen-bond donors (Lipinski definition) is 1. The first-order valence-corrected chi connectivity index (χ1v) is 8.53. The van der Waals surface area contributed by atoms with Crippen LogP contribution in [-0.2, 0) is 9.53 Å². The summed E-state index contributed by atoms with van der Waals surface area (Å²) in [6.45, 7) is 11.6. The van der Waals surface area contributed by atoms with Crippen LogP contribution in [0.3, 0.4) is 0 Å². The number of nitrogens with zero attached hydrogens (tertiary/aromatic N) is 1. The van der Waals surface area contributed by atoms with Gasteiger partial charge in [0.05, 0.1) is 13.2 Å². The predicted octanol–water partition coefficient (Wildman–Crippen LogP) is 2.04. The van der Waals surface area contributed by atoms with E-state index < -0.39 is 0 Å². The highest BCUT2D eigenvalue weighted by Crippen LogP contribution is 2.65. The lowest BCUT2D eigenvalue weighted by atomic mass is 9.69. The van der Waals surface area contributed by atoms with Crippen molar-refractivity contribution < 1.29 is 9.53 Å². The smallest absolute Gasteiger partial charge is 0.221 e. The Balaban J connectivity index is 1.49. The van der Waals surface area contributed by atoms with E-state index in [-0.39, 0.29) is 11.3 Å². The molecule has 120 valence electrons. The lowest BCUT2D eigenvalue weighted by Gasteiger charge is -2.39. The Labute approximate surface area is 128 Å². The fourth-order valence-corrected chi connectivity index (χ4v) is 4.77. The number of ether oxygens (including phenoxy) is 1. The van der Waals surface area contributed by atoms with Crippen molar-refractivity contribution in [3.05, 3.63) is 0 Å². The van der Waals surface area contributed by atoms with Gasteiger partial charge < -0.3 is 10.1 Å². The molecule has 2 aliphatic carbocycles. The van der Waals surface area contributed by atoms with E-state index in [2.05, 4.69) is 31.0 Å². The molecule has 1 N–H and O–H groups in total. The van der Waals surface area contributed by atoms with Crippen molar-refractivity contribution in [3.8, 4) is 0 Å². The van der Waals surface area contributed by atoms with Crippen LogP contribution in [0.25, 0.3) is 0 Å². The van der Waals surface area contributed by atoms with E-state index in [1.54, 1.807) is 0 Å². The molecule has 0 radical (unpaired) electrons. The fourth-order valence-electron chi connectivity index (χ4n) is 4.77. The number of nitrogens with one attached hydrogen (secondary N) is 1. The van der Waals surface area contributed by atoms with Crippen LogP contribution in [0.5, 0.6) is 0 Å². The first-order valence-electron chi connectivity index (χ1n) is 8.53. The first kappa shape index (κ1) is 15.3. The summed E-state index contributed by atoms with van der Waals surface area (Å²) in [5.74, 6) is 1.02. The highest BCUT2D eigenvalue weighted by molar-refractivity contribution is 5.76. The Morgan fingerprint density at radius 2 is 2.00 bits per heavy atom. The predicted molar refractivity (Wildman–Crippen MR) is 83.0 cm³/mol. The van der Waals surface area contributed by atoms with Gasteiger partial charge in [0.2, 0.25) is 5.91 Å². The number of carbonyl (C=O) groups excluding carboxylic acids is 1. The van der Waals surface area contributed by atoms with E-state index in [9.17, 15) is 4.79 Å². The number of rotatable bonds is 4. The molecule has 3 fully saturated rings. The maximum absolute atomic E-state index is 12.3. The summed E-state index contributed by atoms with van der Waals surface area (Å²) in [5.41, 5.74) is 0.654. The molecule has 2 saturated carbocycles. The Morgan fingerprint density at radius 3 is 2.57 bits per heavy atom. The van der Waals surface area contributed by atoms with Crippen LogP contribution in [-0.4, -0.2) is 49.7 Å². The van der Waals surface area contributed by atoms with E-state index in [0.717, 1.165) is 38.8 Å². The molecule has 0 unspecified atom stereocenters. The van der Waals surface area contributed by atoms with Gasteiger partial charge in [-0.05, 0) is 36.0 Å². The van der Waals surface area contributed by atoms with Gasteiger partial charge in [0.15, 0.2) is 0 Å². The highest BCUT2D eigenvalue weighted by Gasteiger charge is 2.61. The van der Waals surface area contributed by atoms with Gasteiger partial charge in [-0.3, -0.25) is 9.69 Å². The summed E-state index contributed by atoms with van der Waals surface area (Å²) < 4.78 is 5.34. The van der Waals surface area contributed by atoms with Crippen LogP contribution in [0.2, 0.25) is 0 Å². The van der Waals surface area contributed by atoms with E-state index >= 15 is 0 Å². The normalized spacial score (nSPS) is 38.6. The lowest BCUT2D eigenvalue weighted by Crippen LogP contribution is -2.47. The van der Waals surface area contributed by atoms with E-state index in [4.69, 9.17) is 4.74 Å². The van der Waals surface area contributed by atoms with Gasteiger partial charge in [0.25, 0.3) is 0 Å². The number of fused-ring (bicyclic) bond motifs is 2. The number of carbonyl (C=O) groups is 1. The minimum absolute atomic E-state index is 0.232. The van der Waals surface area contributed by atoms with Gasteiger partial charge in [-0.2, -0.15) is 0 Å². The van der Waals surface area contributed by atoms with Gasteiger partial charge in [-0.15, -0.1) is 0 Å². The van der Waals surface area contributed by atoms with E-state index in [0.29, 0.717) is 17.9 Å². The Bertz CT molecular complexity index is 404. The molecule has 3 aliphatic rings. The highest BCUT2D eigenvalue weighted by atomic mass is 16.5. The number of morpholine rings is 1. The Kier molecular flexibility index (Phi) is 4.04. The Hall–Kier alpha value is -0.610. The average Bonchev–Trinajstić information content (AvgIpc) is 2.79. The molecule has 0 aromatic rings. The molecule has 0 aromatic heterocycles. The summed E-state index contributed by atoms with van der Waals surface area (Å²) >= 11 is 0. The quantitative estimate of drug-likeness (QED) is 0.863. The van der Waals surface area contributed by atoms with Crippen LogP contribution >= 0.6 is 0 Å². The second kappa shape index (κ2) is 5.54. The van der Waals surface area contributed by atoms with Gasteiger partial charge in [-0.25, -0.2) is 0 Å². The molecule has 1 heterocycles. The fraction of sp³-hybridized carbons (Fsp3) is 0.941. The van der Waals surface area contributed by atoms with Crippen molar-refractivity contribution in [2.24, 2.45) is 16.7 Å². The minimum Gasteiger partial charge on any atom is -0.379 e. The first-order chi connectivity index (χ1) is 9.93. The second-order valence-electron chi connectivity index (χ2n) is 7.93. The maximum atomic E-state index is 12.3. The molecule has 3 atom stereocenters. The van der Waals surface area contributed by atoms with Crippen LogP contribution in [0.1, 0.15) is 46.5 Å². The third kappa shape index (κ3) is 2.61.